The van der Waals surface area contributed by atoms with Crippen LogP contribution < -0.4 is 11.2 Å². The molecule has 2 heterocycles. The first-order valence-corrected chi connectivity index (χ1v) is 11.8. The molecule has 0 fully saturated rings. The van der Waals surface area contributed by atoms with E-state index in [-0.39, 0.29) is 5.56 Å². The second-order valence-electron chi connectivity index (χ2n) is 7.88. The van der Waals surface area contributed by atoms with Gasteiger partial charge in [-0.25, -0.2) is 9.78 Å². The first-order chi connectivity index (χ1) is 16.0. The summed E-state index contributed by atoms with van der Waals surface area (Å²) in [7, 11) is 3.14. The number of hydrogen-bond acceptors (Lipinski definition) is 4. The Hall–Kier alpha value is -3.29. The van der Waals surface area contributed by atoms with Crippen LogP contribution in [-0.4, -0.2) is 18.7 Å². The van der Waals surface area contributed by atoms with Crippen LogP contribution in [0.25, 0.3) is 21.9 Å². The molecule has 2 aromatic heterocycles. The maximum atomic E-state index is 13.2. The maximum Gasteiger partial charge on any atom is 0.332 e. The number of thioether (sulfide) groups is 1. The van der Waals surface area contributed by atoms with Crippen LogP contribution in [0.4, 0.5) is 0 Å². The fourth-order valence-electron chi connectivity index (χ4n) is 4.04. The standard InChI is InChI=1S/C25H21ClN4O2S/c1-28-22-21(23(31)29(2)25(28)32)30(14-17-11-7-10-16-8-3-5-12-19(16)17)24(27-22)33-15-18-9-4-6-13-20(18)26/h3-13H,14-15H2,1-2H3. The van der Waals surface area contributed by atoms with E-state index in [1.165, 1.54) is 23.4 Å². The second kappa shape index (κ2) is 8.57. The Balaban J connectivity index is 1.69. The molecule has 0 saturated heterocycles. The molecule has 5 aromatic rings. The van der Waals surface area contributed by atoms with Crippen LogP contribution in [0.15, 0.2) is 81.5 Å². The molecule has 0 aliphatic carbocycles. The van der Waals surface area contributed by atoms with Gasteiger partial charge in [-0.2, -0.15) is 0 Å². The minimum atomic E-state index is -0.398. The number of imidazole rings is 1. The lowest BCUT2D eigenvalue weighted by atomic mass is 10.0. The highest BCUT2D eigenvalue weighted by Crippen LogP contribution is 2.29. The Labute approximate surface area is 199 Å². The van der Waals surface area contributed by atoms with Gasteiger partial charge in [-0.3, -0.25) is 13.9 Å². The molecule has 5 rings (SSSR count). The predicted molar refractivity (Wildman–Crippen MR) is 134 cm³/mol. The third-order valence-corrected chi connectivity index (χ3v) is 7.23. The largest absolute Gasteiger partial charge is 0.332 e. The number of fused-ring (bicyclic) bond motifs is 2. The van der Waals surface area contributed by atoms with Crippen molar-refractivity contribution < 1.29 is 0 Å². The highest BCUT2D eigenvalue weighted by Gasteiger charge is 2.20. The van der Waals surface area contributed by atoms with Crippen molar-refractivity contribution in [1.29, 1.82) is 0 Å². The van der Waals surface area contributed by atoms with Gasteiger partial charge in [0.25, 0.3) is 5.56 Å². The lowest BCUT2D eigenvalue weighted by Crippen LogP contribution is -2.37. The van der Waals surface area contributed by atoms with Crippen LogP contribution >= 0.6 is 23.4 Å². The van der Waals surface area contributed by atoms with Crippen LogP contribution in [0.1, 0.15) is 11.1 Å². The van der Waals surface area contributed by atoms with Crippen molar-refractivity contribution in [2.24, 2.45) is 14.1 Å². The summed E-state index contributed by atoms with van der Waals surface area (Å²) in [5, 5.41) is 3.59. The van der Waals surface area contributed by atoms with Crippen molar-refractivity contribution in [3.05, 3.63) is 104 Å². The minimum absolute atomic E-state index is 0.356. The summed E-state index contributed by atoms with van der Waals surface area (Å²) in [5.74, 6) is 0.590. The molecule has 0 saturated carbocycles. The summed E-state index contributed by atoms with van der Waals surface area (Å²) in [6.45, 7) is 0.455. The molecule has 0 aliphatic heterocycles. The van der Waals surface area contributed by atoms with Gasteiger partial charge in [0.15, 0.2) is 16.3 Å². The first-order valence-electron chi connectivity index (χ1n) is 10.4. The average Bonchev–Trinajstić information content (AvgIpc) is 3.19. The van der Waals surface area contributed by atoms with Crippen molar-refractivity contribution in [1.82, 2.24) is 18.7 Å². The predicted octanol–water partition coefficient (Wildman–Crippen LogP) is 4.58. The molecule has 0 N–H and O–H groups in total. The fourth-order valence-corrected chi connectivity index (χ4v) is 5.32. The third-order valence-electron chi connectivity index (χ3n) is 5.84. The van der Waals surface area contributed by atoms with Gasteiger partial charge in [0.05, 0.1) is 6.54 Å². The molecular weight excluding hydrogens is 456 g/mol. The number of rotatable bonds is 5. The van der Waals surface area contributed by atoms with E-state index in [1.54, 1.807) is 7.05 Å². The van der Waals surface area contributed by atoms with Crippen molar-refractivity contribution in [2.75, 3.05) is 0 Å². The van der Waals surface area contributed by atoms with E-state index >= 15 is 0 Å². The Bertz CT molecular complexity index is 1630. The SMILES string of the molecule is Cn1c(=O)c2c(nc(SCc3ccccc3Cl)n2Cc2cccc3ccccc23)n(C)c1=O. The molecule has 3 aromatic carbocycles. The molecule has 0 radical (unpaired) electrons. The van der Waals surface area contributed by atoms with Gasteiger partial charge in [-0.05, 0) is 28.0 Å². The molecule has 0 spiro atoms. The lowest BCUT2D eigenvalue weighted by Gasteiger charge is -2.12. The van der Waals surface area contributed by atoms with Crippen LogP contribution in [0.3, 0.4) is 0 Å². The van der Waals surface area contributed by atoms with E-state index in [0.717, 1.165) is 26.5 Å². The van der Waals surface area contributed by atoms with Crippen LogP contribution in [0.5, 0.6) is 0 Å². The van der Waals surface area contributed by atoms with E-state index in [4.69, 9.17) is 16.6 Å². The number of hydrogen-bond donors (Lipinski definition) is 0. The monoisotopic (exact) mass is 476 g/mol. The van der Waals surface area contributed by atoms with Crippen LogP contribution in [0, 0.1) is 0 Å². The zero-order valence-corrected chi connectivity index (χ0v) is 19.7. The van der Waals surface area contributed by atoms with E-state index in [2.05, 4.69) is 24.3 Å². The number of nitrogens with zero attached hydrogens (tertiary/aromatic N) is 4. The molecule has 33 heavy (non-hydrogen) atoms. The van der Waals surface area contributed by atoms with Crippen LogP contribution in [-0.2, 0) is 26.4 Å². The lowest BCUT2D eigenvalue weighted by molar-refractivity contribution is 0.697. The Morgan fingerprint density at radius 3 is 2.39 bits per heavy atom. The average molecular weight is 477 g/mol. The third kappa shape index (κ3) is 3.77. The highest BCUT2D eigenvalue weighted by atomic mass is 35.5. The fraction of sp³-hybridized carbons (Fsp3) is 0.160. The molecule has 0 bridgehead atoms. The summed E-state index contributed by atoms with van der Waals surface area (Å²) < 4.78 is 4.47. The van der Waals surface area contributed by atoms with Crippen LogP contribution in [0.2, 0.25) is 5.02 Å². The van der Waals surface area contributed by atoms with Gasteiger partial charge in [0.2, 0.25) is 0 Å². The van der Waals surface area contributed by atoms with E-state index in [1.807, 2.05) is 47.0 Å². The molecule has 0 aliphatic rings. The normalized spacial score (nSPS) is 11.5. The zero-order chi connectivity index (χ0) is 23.1. The van der Waals surface area contributed by atoms with E-state index in [9.17, 15) is 9.59 Å². The molecule has 166 valence electrons. The highest BCUT2D eigenvalue weighted by molar-refractivity contribution is 7.98. The summed E-state index contributed by atoms with van der Waals surface area (Å²) >= 11 is 7.85. The Kier molecular flexibility index (Phi) is 5.60. The van der Waals surface area contributed by atoms with Gasteiger partial charge < -0.3 is 4.57 Å². The van der Waals surface area contributed by atoms with E-state index in [0.29, 0.717) is 33.6 Å². The Morgan fingerprint density at radius 2 is 1.58 bits per heavy atom. The van der Waals surface area contributed by atoms with Gasteiger partial charge in [-0.1, -0.05) is 84.0 Å². The summed E-state index contributed by atoms with van der Waals surface area (Å²) in [6.07, 6.45) is 0. The topological polar surface area (TPSA) is 61.8 Å². The molecule has 0 atom stereocenters. The van der Waals surface area contributed by atoms with Crippen molar-refractivity contribution in [3.63, 3.8) is 0 Å². The van der Waals surface area contributed by atoms with Gasteiger partial charge in [0.1, 0.15) is 0 Å². The Morgan fingerprint density at radius 1 is 0.879 bits per heavy atom. The van der Waals surface area contributed by atoms with Crippen molar-refractivity contribution >= 4 is 45.3 Å². The number of aromatic nitrogens is 4. The summed E-state index contributed by atoms with van der Waals surface area (Å²) in [6, 6.07) is 22.0. The molecule has 0 unspecified atom stereocenters. The molecule has 8 heteroatoms. The molecular formula is C25H21ClN4O2S. The van der Waals surface area contributed by atoms with Crippen molar-refractivity contribution in [2.45, 2.75) is 17.5 Å². The quantitative estimate of drug-likeness (QED) is 0.348. The molecule has 0 amide bonds. The number of aryl methyl sites for hydroxylation is 1. The van der Waals surface area contributed by atoms with Gasteiger partial charge >= 0.3 is 5.69 Å². The van der Waals surface area contributed by atoms with Gasteiger partial charge in [0, 0.05) is 24.9 Å². The summed E-state index contributed by atoms with van der Waals surface area (Å²) in [4.78, 5) is 30.4. The number of benzene rings is 3. The van der Waals surface area contributed by atoms with Crippen molar-refractivity contribution in [3.8, 4) is 0 Å². The minimum Gasteiger partial charge on any atom is -0.309 e. The summed E-state index contributed by atoms with van der Waals surface area (Å²) in [5.41, 5.74) is 2.09. The van der Waals surface area contributed by atoms with E-state index < -0.39 is 5.69 Å². The smallest absolute Gasteiger partial charge is 0.309 e. The zero-order valence-electron chi connectivity index (χ0n) is 18.2. The van der Waals surface area contributed by atoms with Gasteiger partial charge in [-0.15, -0.1) is 0 Å². The second-order valence-corrected chi connectivity index (χ2v) is 9.23. The first kappa shape index (κ1) is 21.6. The number of halogens is 1. The maximum absolute atomic E-state index is 13.2. The molecule has 6 nitrogen and oxygen atoms in total.